The first-order chi connectivity index (χ1) is 19.0. The lowest BCUT2D eigenvalue weighted by atomic mass is 10.0. The topological polar surface area (TPSA) is 208 Å². The fourth-order valence-electron chi connectivity index (χ4n) is 3.91. The van der Waals surface area contributed by atoms with Crippen LogP contribution in [-0.2, 0) is 30.4 Å². The van der Waals surface area contributed by atoms with Crippen LogP contribution < -0.4 is 11.1 Å². The molecule has 1 fully saturated rings. The van der Waals surface area contributed by atoms with Crippen molar-refractivity contribution in [2.24, 2.45) is 5.16 Å². The fourth-order valence-corrected chi connectivity index (χ4v) is 5.80. The Balaban J connectivity index is 1.40. The number of benzene rings is 1. The number of nitrogens with two attached hydrogens (primary N) is 1. The van der Waals surface area contributed by atoms with Crippen LogP contribution in [0.1, 0.15) is 23.7 Å². The molecule has 13 nitrogen and oxygen atoms in total. The van der Waals surface area contributed by atoms with Crippen LogP contribution in [0.2, 0.25) is 0 Å². The van der Waals surface area contributed by atoms with Crippen molar-refractivity contribution in [2.75, 3.05) is 11.5 Å². The number of anilines is 1. The minimum atomic E-state index is -1.83. The third kappa shape index (κ3) is 5.98. The largest absolute Gasteiger partial charge is 0.478 e. The van der Waals surface area contributed by atoms with Crippen molar-refractivity contribution in [3.05, 3.63) is 63.8 Å². The van der Waals surface area contributed by atoms with Crippen LogP contribution in [0.3, 0.4) is 0 Å². The number of carboxylic acid groups (broad SMARTS) is 2. The number of hydrogen-bond donors (Lipinski definition) is 4. The summed E-state index contributed by atoms with van der Waals surface area (Å²) in [4.78, 5) is 59.2. The molecule has 0 radical (unpaired) electrons. The van der Waals surface area contributed by atoms with Crippen molar-refractivity contribution in [1.29, 1.82) is 5.26 Å². The van der Waals surface area contributed by atoms with Crippen LogP contribution in [-0.4, -0.2) is 72.8 Å². The Labute approximate surface area is 235 Å². The van der Waals surface area contributed by atoms with E-state index in [9.17, 15) is 29.4 Å². The van der Waals surface area contributed by atoms with Crippen molar-refractivity contribution >= 4 is 64.3 Å². The van der Waals surface area contributed by atoms with Gasteiger partial charge >= 0.3 is 11.9 Å². The summed E-state index contributed by atoms with van der Waals surface area (Å²) < 4.78 is 0. The highest BCUT2D eigenvalue weighted by atomic mass is 32.2. The molecule has 5 N–H and O–H groups in total. The van der Waals surface area contributed by atoms with Gasteiger partial charge in [-0.15, -0.1) is 23.1 Å². The van der Waals surface area contributed by atoms with Crippen LogP contribution in [0.15, 0.2) is 52.1 Å². The van der Waals surface area contributed by atoms with E-state index in [2.05, 4.69) is 15.5 Å². The minimum absolute atomic E-state index is 0.157. The number of fused-ring (bicyclic) bond motifs is 1. The summed E-state index contributed by atoms with van der Waals surface area (Å²) in [5.74, 6) is -3.79. The van der Waals surface area contributed by atoms with E-state index < -0.39 is 40.8 Å². The Bertz CT molecular complexity index is 1490. The molecule has 40 heavy (non-hydrogen) atoms. The summed E-state index contributed by atoms with van der Waals surface area (Å²) in [6, 6.07) is 7.72. The summed E-state index contributed by atoms with van der Waals surface area (Å²) >= 11 is 2.42. The molecule has 0 saturated carbocycles. The first-order valence-corrected chi connectivity index (χ1v) is 13.5. The Morgan fingerprint density at radius 2 is 2.05 bits per heavy atom. The van der Waals surface area contributed by atoms with Crippen LogP contribution in [0, 0.1) is 11.3 Å². The number of carbonyl (C=O) groups is 4. The summed E-state index contributed by atoms with van der Waals surface area (Å²) in [6.45, 7) is 1.26. The number of β-lactam (4-membered cyclic amide) rings is 1. The van der Waals surface area contributed by atoms with Gasteiger partial charge in [-0.2, -0.15) is 5.26 Å². The summed E-state index contributed by atoms with van der Waals surface area (Å²) in [6.07, 6.45) is 3.85. The number of amides is 2. The maximum absolute atomic E-state index is 12.8. The highest BCUT2D eigenvalue weighted by molar-refractivity contribution is 8.00. The number of hydrogen-bond acceptors (Lipinski definition) is 11. The quantitative estimate of drug-likeness (QED) is 0.179. The van der Waals surface area contributed by atoms with E-state index in [1.165, 1.54) is 18.7 Å². The molecular formula is C25H22N6O7S2. The predicted molar refractivity (Wildman–Crippen MR) is 146 cm³/mol. The van der Waals surface area contributed by atoms with Gasteiger partial charge in [0.2, 0.25) is 5.60 Å². The number of carbonyl (C=O) groups excluding carboxylic acids is 2. The first-order valence-electron chi connectivity index (χ1n) is 11.6. The SMILES string of the molecule is CC(Cc1csc(N)n1)(O/N=C/C(=O)NC1C(=O)N2C(C(=O)O)=C(/C=C/c3ccc(C#N)cc3)CSC12)C(=O)O. The van der Waals surface area contributed by atoms with Crippen molar-refractivity contribution in [3.63, 3.8) is 0 Å². The first kappa shape index (κ1) is 28.3. The van der Waals surface area contributed by atoms with Gasteiger partial charge in [-0.05, 0) is 30.2 Å². The minimum Gasteiger partial charge on any atom is -0.478 e. The molecule has 3 heterocycles. The highest BCUT2D eigenvalue weighted by Crippen LogP contribution is 2.40. The van der Waals surface area contributed by atoms with Crippen LogP contribution in [0.5, 0.6) is 0 Å². The molecule has 15 heteroatoms. The average Bonchev–Trinajstić information content (AvgIpc) is 3.33. The maximum atomic E-state index is 12.8. The Hall–Kier alpha value is -4.68. The molecule has 1 aromatic carbocycles. The monoisotopic (exact) mass is 582 g/mol. The molecule has 4 rings (SSSR count). The van der Waals surface area contributed by atoms with Gasteiger partial charge in [0, 0.05) is 17.6 Å². The lowest BCUT2D eigenvalue weighted by Gasteiger charge is -2.49. The Morgan fingerprint density at radius 3 is 2.65 bits per heavy atom. The number of thioether (sulfide) groups is 1. The molecule has 3 unspecified atom stereocenters. The Morgan fingerprint density at radius 1 is 1.32 bits per heavy atom. The average molecular weight is 583 g/mol. The van der Waals surface area contributed by atoms with Crippen LogP contribution in [0.4, 0.5) is 5.13 Å². The standard InChI is InChI=1S/C25H22N6O7S2/c1-25(23(36)37,8-16-12-40-24(27)29-16)38-28-10-17(32)30-18-20(33)31-19(22(34)35)15(11-39-21(18)31)7-6-13-2-4-14(9-26)5-3-13/h2-7,10,12,18,21H,8,11H2,1H3,(H2,27,29)(H,30,32)(H,34,35)(H,36,37)/b7-6+,28-10+. The van der Waals surface area contributed by atoms with Crippen LogP contribution in [0.25, 0.3) is 6.08 Å². The highest BCUT2D eigenvalue weighted by Gasteiger charge is 2.54. The summed E-state index contributed by atoms with van der Waals surface area (Å²) in [7, 11) is 0. The predicted octanol–water partition coefficient (Wildman–Crippen LogP) is 1.44. The lowest BCUT2D eigenvalue weighted by molar-refractivity contribution is -0.163. The van der Waals surface area contributed by atoms with Crippen molar-refractivity contribution in [3.8, 4) is 6.07 Å². The molecule has 3 atom stereocenters. The van der Waals surface area contributed by atoms with E-state index in [0.717, 1.165) is 21.8 Å². The van der Waals surface area contributed by atoms with Gasteiger partial charge in [0.1, 0.15) is 23.3 Å². The molecule has 206 valence electrons. The van der Waals surface area contributed by atoms with E-state index in [1.54, 1.807) is 41.8 Å². The van der Waals surface area contributed by atoms with E-state index in [0.29, 0.717) is 23.0 Å². The number of thiazole rings is 1. The van der Waals surface area contributed by atoms with E-state index >= 15 is 0 Å². The number of nitrogen functional groups attached to an aromatic ring is 1. The molecule has 2 amide bonds. The second-order valence-corrected chi connectivity index (χ2v) is 10.9. The van der Waals surface area contributed by atoms with E-state index in [-0.39, 0.29) is 23.0 Å². The van der Waals surface area contributed by atoms with Crippen LogP contribution >= 0.6 is 23.1 Å². The zero-order valence-corrected chi connectivity index (χ0v) is 22.4. The number of nitriles is 1. The fraction of sp³-hybridized carbons (Fsp3) is 0.240. The van der Waals surface area contributed by atoms with Gasteiger partial charge in [-0.1, -0.05) is 29.4 Å². The van der Waals surface area contributed by atoms with E-state index in [4.69, 9.17) is 15.8 Å². The zero-order chi connectivity index (χ0) is 29.0. The van der Waals surface area contributed by atoms with Gasteiger partial charge in [0.25, 0.3) is 11.8 Å². The second-order valence-electron chi connectivity index (χ2n) is 8.86. The number of allylic oxidation sites excluding steroid dienone is 1. The number of rotatable bonds is 10. The number of nitrogens with zero attached hydrogens (tertiary/aromatic N) is 4. The molecule has 0 spiro atoms. The zero-order valence-electron chi connectivity index (χ0n) is 20.8. The molecule has 2 aromatic rings. The molecule has 1 saturated heterocycles. The number of aliphatic carboxylic acids is 2. The van der Waals surface area contributed by atoms with Crippen molar-refractivity contribution in [2.45, 2.75) is 30.4 Å². The van der Waals surface area contributed by atoms with Gasteiger partial charge in [0.15, 0.2) is 5.13 Å². The number of nitrogens with one attached hydrogen (secondary N) is 1. The molecule has 0 aliphatic carbocycles. The Kier molecular flexibility index (Phi) is 8.21. The van der Waals surface area contributed by atoms with Gasteiger partial charge in [-0.3, -0.25) is 14.5 Å². The second kappa shape index (κ2) is 11.6. The summed E-state index contributed by atoms with van der Waals surface area (Å²) in [5.41, 5.74) is 5.61. The number of oxime groups is 1. The van der Waals surface area contributed by atoms with Gasteiger partial charge < -0.3 is 26.1 Å². The van der Waals surface area contributed by atoms with Gasteiger partial charge in [-0.25, -0.2) is 14.6 Å². The third-order valence-electron chi connectivity index (χ3n) is 5.98. The molecular weight excluding hydrogens is 560 g/mol. The molecule has 0 bridgehead atoms. The third-order valence-corrected chi connectivity index (χ3v) is 8.00. The number of carboxylic acids is 2. The maximum Gasteiger partial charge on any atom is 0.352 e. The molecule has 2 aliphatic rings. The smallest absolute Gasteiger partial charge is 0.352 e. The molecule has 2 aliphatic heterocycles. The normalized spacial score (nSPS) is 20.0. The number of aromatic nitrogens is 1. The molecule has 1 aromatic heterocycles. The van der Waals surface area contributed by atoms with E-state index in [1.807, 2.05) is 6.07 Å². The van der Waals surface area contributed by atoms with Crippen molar-refractivity contribution < 1.29 is 34.2 Å². The van der Waals surface area contributed by atoms with Crippen molar-refractivity contribution in [1.82, 2.24) is 15.2 Å². The van der Waals surface area contributed by atoms with Gasteiger partial charge in [0.05, 0.1) is 17.3 Å². The lowest BCUT2D eigenvalue weighted by Crippen LogP contribution is -2.70. The summed E-state index contributed by atoms with van der Waals surface area (Å²) in [5, 5.41) is 35.4.